The van der Waals surface area contributed by atoms with E-state index in [9.17, 15) is 9.59 Å². The van der Waals surface area contributed by atoms with E-state index in [1.807, 2.05) is 33.8 Å². The van der Waals surface area contributed by atoms with Gasteiger partial charge in [-0.3, -0.25) is 4.79 Å². The second kappa shape index (κ2) is 12.0. The lowest BCUT2D eigenvalue weighted by atomic mass is 9.82. The Balaban J connectivity index is 0.000000213. The first-order valence-electron chi connectivity index (χ1n) is 12.4. The van der Waals surface area contributed by atoms with Gasteiger partial charge < -0.3 is 9.47 Å². The van der Waals surface area contributed by atoms with Crippen LogP contribution in [0.4, 0.5) is 0 Å². The quantitative estimate of drug-likeness (QED) is 0.376. The number of fused-ring (bicyclic) bond motifs is 5. The first kappa shape index (κ1) is 26.6. The SMILES string of the molecule is C1CC2C3CCC(C3)C2C1.CCOC.CCOC(=O)c1cc(C(C)=O)cc(C(C)(C)C)c1. The number of rotatable bonds is 4. The van der Waals surface area contributed by atoms with Gasteiger partial charge in [0.15, 0.2) is 5.78 Å². The summed E-state index contributed by atoms with van der Waals surface area (Å²) in [6.45, 7) is 12.5. The molecule has 180 valence electrons. The van der Waals surface area contributed by atoms with Crippen LogP contribution in [-0.4, -0.2) is 32.1 Å². The lowest BCUT2D eigenvalue weighted by molar-refractivity contribution is 0.0526. The van der Waals surface area contributed by atoms with Gasteiger partial charge in [0.1, 0.15) is 0 Å². The third-order valence-electron chi connectivity index (χ3n) is 7.35. The molecule has 4 rings (SSSR count). The highest BCUT2D eigenvalue weighted by atomic mass is 16.5. The summed E-state index contributed by atoms with van der Waals surface area (Å²) in [5, 5.41) is 0. The number of carbonyl (C=O) groups excluding carboxylic acids is 2. The summed E-state index contributed by atoms with van der Waals surface area (Å²) in [7, 11) is 1.68. The maximum absolute atomic E-state index is 11.8. The Bertz CT molecular complexity index is 743. The third-order valence-corrected chi connectivity index (χ3v) is 7.35. The standard InChI is InChI=1S/C15H20O3.C10H16.C3H8O/c1-6-18-14(17)12-7-11(10(2)16)8-13(9-12)15(3,4)5;1-2-9-7-4-5-8(6-7)10(9)3-1;1-3-4-2/h7-9H,6H2,1-5H3;7-10H,1-6H2;3H2,1-2H3. The van der Waals surface area contributed by atoms with Gasteiger partial charge in [-0.15, -0.1) is 0 Å². The molecule has 4 unspecified atom stereocenters. The van der Waals surface area contributed by atoms with Crippen LogP contribution in [0.2, 0.25) is 0 Å². The fraction of sp³-hybridized carbons (Fsp3) is 0.714. The fourth-order valence-corrected chi connectivity index (χ4v) is 5.61. The van der Waals surface area contributed by atoms with Gasteiger partial charge >= 0.3 is 5.97 Å². The molecule has 0 aliphatic heterocycles. The zero-order chi connectivity index (χ0) is 23.9. The van der Waals surface area contributed by atoms with Crippen molar-refractivity contribution in [2.24, 2.45) is 23.7 Å². The maximum Gasteiger partial charge on any atom is 0.338 e. The Kier molecular flexibility index (Phi) is 9.94. The molecule has 3 aliphatic carbocycles. The summed E-state index contributed by atoms with van der Waals surface area (Å²) in [4.78, 5) is 23.3. The molecule has 32 heavy (non-hydrogen) atoms. The van der Waals surface area contributed by atoms with Gasteiger partial charge in [-0.05, 0) is 106 Å². The number of benzene rings is 1. The highest BCUT2D eigenvalue weighted by Gasteiger charge is 2.48. The number of ketones is 1. The molecule has 3 saturated carbocycles. The molecule has 0 amide bonds. The second-order valence-electron chi connectivity index (χ2n) is 10.5. The van der Waals surface area contributed by atoms with Crippen molar-refractivity contribution in [2.75, 3.05) is 20.3 Å². The summed E-state index contributed by atoms with van der Waals surface area (Å²) in [5.41, 5.74) is 1.82. The molecule has 3 fully saturated rings. The van der Waals surface area contributed by atoms with Gasteiger partial charge in [-0.1, -0.05) is 27.2 Å². The molecule has 0 N–H and O–H groups in total. The van der Waals surface area contributed by atoms with E-state index in [-0.39, 0.29) is 17.2 Å². The largest absolute Gasteiger partial charge is 0.462 e. The van der Waals surface area contributed by atoms with Crippen molar-refractivity contribution in [2.45, 2.75) is 85.5 Å². The predicted molar refractivity (Wildman–Crippen MR) is 130 cm³/mol. The molecule has 1 aromatic rings. The Labute approximate surface area is 195 Å². The van der Waals surface area contributed by atoms with Gasteiger partial charge in [0.25, 0.3) is 0 Å². The van der Waals surface area contributed by atoms with E-state index in [0.29, 0.717) is 17.7 Å². The maximum atomic E-state index is 11.8. The fourth-order valence-electron chi connectivity index (χ4n) is 5.61. The van der Waals surface area contributed by atoms with Gasteiger partial charge in [0, 0.05) is 19.3 Å². The molecule has 3 aliphatic rings. The van der Waals surface area contributed by atoms with Crippen LogP contribution in [0.15, 0.2) is 18.2 Å². The number of esters is 1. The van der Waals surface area contributed by atoms with Crippen molar-refractivity contribution < 1.29 is 19.1 Å². The van der Waals surface area contributed by atoms with E-state index < -0.39 is 0 Å². The predicted octanol–water partition coefficient (Wildman–Crippen LogP) is 6.85. The summed E-state index contributed by atoms with van der Waals surface area (Å²) >= 11 is 0. The lowest BCUT2D eigenvalue weighted by Crippen LogP contribution is -2.15. The molecule has 4 heteroatoms. The molecule has 4 nitrogen and oxygen atoms in total. The van der Waals surface area contributed by atoms with Gasteiger partial charge in [-0.25, -0.2) is 4.79 Å². The van der Waals surface area contributed by atoms with Crippen LogP contribution in [0.5, 0.6) is 0 Å². The van der Waals surface area contributed by atoms with Crippen LogP contribution in [0, 0.1) is 23.7 Å². The number of carbonyl (C=O) groups is 2. The van der Waals surface area contributed by atoms with Crippen LogP contribution in [0.25, 0.3) is 0 Å². The van der Waals surface area contributed by atoms with Crippen LogP contribution in [-0.2, 0) is 14.9 Å². The first-order valence-corrected chi connectivity index (χ1v) is 12.4. The zero-order valence-corrected chi connectivity index (χ0v) is 21.3. The van der Waals surface area contributed by atoms with Crippen LogP contribution in [0.3, 0.4) is 0 Å². The summed E-state index contributed by atoms with van der Waals surface area (Å²) in [5.74, 6) is 4.37. The summed E-state index contributed by atoms with van der Waals surface area (Å²) in [6, 6.07) is 5.23. The van der Waals surface area contributed by atoms with Gasteiger partial charge in [0.2, 0.25) is 0 Å². The Morgan fingerprint density at radius 2 is 1.44 bits per heavy atom. The van der Waals surface area contributed by atoms with Crippen LogP contribution >= 0.6 is 0 Å². The average molecular weight is 445 g/mol. The van der Waals surface area contributed by atoms with E-state index in [2.05, 4.69) is 4.74 Å². The van der Waals surface area contributed by atoms with E-state index >= 15 is 0 Å². The van der Waals surface area contributed by atoms with E-state index in [1.54, 1.807) is 64.7 Å². The minimum absolute atomic E-state index is 0.0494. The van der Waals surface area contributed by atoms with E-state index in [1.165, 1.54) is 30.6 Å². The molecule has 0 aromatic heterocycles. The van der Waals surface area contributed by atoms with Crippen molar-refractivity contribution in [1.29, 1.82) is 0 Å². The van der Waals surface area contributed by atoms with Crippen molar-refractivity contribution >= 4 is 11.8 Å². The Hall–Kier alpha value is -1.68. The van der Waals surface area contributed by atoms with E-state index in [4.69, 9.17) is 4.74 Å². The molecule has 1 aromatic carbocycles. The first-order chi connectivity index (χ1) is 15.1. The summed E-state index contributed by atoms with van der Waals surface area (Å²) in [6.07, 6.45) is 9.53. The average Bonchev–Trinajstić information content (AvgIpc) is 3.48. The molecular weight excluding hydrogens is 400 g/mol. The number of methoxy groups -OCH3 is 1. The number of hydrogen-bond acceptors (Lipinski definition) is 4. The Morgan fingerprint density at radius 3 is 1.88 bits per heavy atom. The smallest absolute Gasteiger partial charge is 0.338 e. The van der Waals surface area contributed by atoms with Crippen LogP contribution in [0.1, 0.15) is 106 Å². The molecule has 4 atom stereocenters. The van der Waals surface area contributed by atoms with Gasteiger partial charge in [0.05, 0.1) is 12.2 Å². The minimum atomic E-state index is -0.383. The van der Waals surface area contributed by atoms with Crippen molar-refractivity contribution in [3.05, 3.63) is 34.9 Å². The topological polar surface area (TPSA) is 52.6 Å². The highest BCUT2D eigenvalue weighted by molar-refractivity contribution is 5.98. The molecular formula is C28H44O4. The molecule has 0 spiro atoms. The van der Waals surface area contributed by atoms with Crippen molar-refractivity contribution in [3.8, 4) is 0 Å². The monoisotopic (exact) mass is 444 g/mol. The van der Waals surface area contributed by atoms with Crippen molar-refractivity contribution in [3.63, 3.8) is 0 Å². The Morgan fingerprint density at radius 1 is 0.906 bits per heavy atom. The molecule has 0 radical (unpaired) electrons. The molecule has 0 heterocycles. The van der Waals surface area contributed by atoms with Crippen molar-refractivity contribution in [1.82, 2.24) is 0 Å². The highest BCUT2D eigenvalue weighted by Crippen LogP contribution is 2.58. The van der Waals surface area contributed by atoms with E-state index in [0.717, 1.165) is 12.2 Å². The number of ether oxygens (including phenoxy) is 2. The summed E-state index contributed by atoms with van der Waals surface area (Å²) < 4.78 is 9.52. The lowest BCUT2D eigenvalue weighted by Gasteiger charge is -2.23. The normalized spacial score (nSPS) is 25.2. The minimum Gasteiger partial charge on any atom is -0.462 e. The molecule has 2 bridgehead atoms. The third kappa shape index (κ3) is 6.91. The number of hydrogen-bond donors (Lipinski definition) is 0. The molecule has 0 saturated heterocycles. The van der Waals surface area contributed by atoms with Gasteiger partial charge in [-0.2, -0.15) is 0 Å². The number of Topliss-reactive ketones (excluding diaryl/α,β-unsaturated/α-hetero) is 1. The second-order valence-corrected chi connectivity index (χ2v) is 10.5. The van der Waals surface area contributed by atoms with Crippen LogP contribution < -0.4 is 0 Å². The zero-order valence-electron chi connectivity index (χ0n) is 21.3.